The van der Waals surface area contributed by atoms with Crippen LogP contribution in [0.4, 0.5) is 8.78 Å². The maximum Gasteiger partial charge on any atom is 0.310 e. The van der Waals surface area contributed by atoms with Gasteiger partial charge in [0, 0.05) is 19.2 Å². The van der Waals surface area contributed by atoms with E-state index in [0.29, 0.717) is 18.2 Å². The van der Waals surface area contributed by atoms with E-state index in [1.807, 2.05) is 0 Å². The molecule has 0 bridgehead atoms. The van der Waals surface area contributed by atoms with Crippen LogP contribution in [0.1, 0.15) is 6.42 Å². The zero-order valence-electron chi connectivity index (χ0n) is 10.7. The first-order valence-electron chi connectivity index (χ1n) is 6.09. The van der Waals surface area contributed by atoms with Crippen LogP contribution in [0, 0.1) is 17.6 Å². The molecule has 0 amide bonds. The number of carboxylic acids is 1. The number of aliphatic carboxylic acids is 1. The van der Waals surface area contributed by atoms with Crippen molar-refractivity contribution in [1.82, 2.24) is 4.31 Å². The SMILES string of the molecule is O=C(O)[C@H]1CN(S(=O)(=O)c2cc(F)cc(F)c2)CC[C@@H]1O. The van der Waals surface area contributed by atoms with Gasteiger partial charge in [0.2, 0.25) is 10.0 Å². The number of rotatable bonds is 3. The molecule has 1 aromatic carbocycles. The molecule has 2 N–H and O–H groups in total. The number of carbonyl (C=O) groups is 1. The molecule has 1 aliphatic rings. The zero-order valence-corrected chi connectivity index (χ0v) is 11.6. The van der Waals surface area contributed by atoms with Gasteiger partial charge in [0.05, 0.1) is 16.9 Å². The first-order chi connectivity index (χ1) is 9.71. The fourth-order valence-corrected chi connectivity index (χ4v) is 3.72. The number of piperidine rings is 1. The average Bonchev–Trinajstić information content (AvgIpc) is 2.37. The summed E-state index contributed by atoms with van der Waals surface area (Å²) in [5, 5.41) is 18.5. The fraction of sp³-hybridized carbons (Fsp3) is 0.417. The number of sulfonamides is 1. The Morgan fingerprint density at radius 1 is 1.24 bits per heavy atom. The minimum Gasteiger partial charge on any atom is -0.481 e. The van der Waals surface area contributed by atoms with Crippen molar-refractivity contribution in [2.24, 2.45) is 5.92 Å². The van der Waals surface area contributed by atoms with Crippen LogP contribution >= 0.6 is 0 Å². The van der Waals surface area contributed by atoms with E-state index in [1.165, 1.54) is 0 Å². The van der Waals surface area contributed by atoms with E-state index in [0.717, 1.165) is 4.31 Å². The summed E-state index contributed by atoms with van der Waals surface area (Å²) in [5.41, 5.74) is 0. The Morgan fingerprint density at radius 3 is 2.33 bits per heavy atom. The van der Waals surface area contributed by atoms with Crippen LogP contribution in [-0.4, -0.2) is 48.1 Å². The van der Waals surface area contributed by atoms with Gasteiger partial charge in [0.1, 0.15) is 11.6 Å². The molecule has 21 heavy (non-hydrogen) atoms. The number of aliphatic hydroxyl groups is 1. The monoisotopic (exact) mass is 321 g/mol. The highest BCUT2D eigenvalue weighted by molar-refractivity contribution is 7.89. The third-order valence-electron chi connectivity index (χ3n) is 3.33. The van der Waals surface area contributed by atoms with Crippen molar-refractivity contribution in [3.63, 3.8) is 0 Å². The molecule has 2 atom stereocenters. The van der Waals surface area contributed by atoms with E-state index in [2.05, 4.69) is 0 Å². The molecule has 0 spiro atoms. The summed E-state index contributed by atoms with van der Waals surface area (Å²) in [6.07, 6.45) is -1.22. The van der Waals surface area contributed by atoms with Crippen LogP contribution in [0.2, 0.25) is 0 Å². The second kappa shape index (κ2) is 5.66. The molecule has 1 aliphatic heterocycles. The Bertz CT molecular complexity index is 643. The van der Waals surface area contributed by atoms with Crippen LogP contribution in [0.15, 0.2) is 23.1 Å². The first kappa shape index (κ1) is 15.8. The molecule has 0 radical (unpaired) electrons. The van der Waals surface area contributed by atoms with Crippen molar-refractivity contribution in [2.75, 3.05) is 13.1 Å². The van der Waals surface area contributed by atoms with Crippen LogP contribution in [-0.2, 0) is 14.8 Å². The molecule has 1 aromatic rings. The second-order valence-corrected chi connectivity index (χ2v) is 6.71. The topological polar surface area (TPSA) is 94.9 Å². The number of halogens is 2. The number of nitrogens with zero attached hydrogens (tertiary/aromatic N) is 1. The molecule has 0 aromatic heterocycles. The number of aliphatic hydroxyl groups excluding tert-OH is 1. The van der Waals surface area contributed by atoms with E-state index < -0.39 is 51.1 Å². The number of benzene rings is 1. The van der Waals surface area contributed by atoms with E-state index in [9.17, 15) is 27.1 Å². The van der Waals surface area contributed by atoms with Gasteiger partial charge in [-0.1, -0.05) is 0 Å². The average molecular weight is 321 g/mol. The van der Waals surface area contributed by atoms with Gasteiger partial charge >= 0.3 is 5.97 Å². The highest BCUT2D eigenvalue weighted by Gasteiger charge is 2.38. The highest BCUT2D eigenvalue weighted by Crippen LogP contribution is 2.25. The fourth-order valence-electron chi connectivity index (χ4n) is 2.20. The van der Waals surface area contributed by atoms with Crippen molar-refractivity contribution in [3.05, 3.63) is 29.8 Å². The minimum absolute atomic E-state index is 0.0615. The molecule has 1 heterocycles. The third-order valence-corrected chi connectivity index (χ3v) is 5.17. The third kappa shape index (κ3) is 3.20. The summed E-state index contributed by atoms with van der Waals surface area (Å²) < 4.78 is 51.7. The van der Waals surface area contributed by atoms with Gasteiger partial charge in [0.15, 0.2) is 0 Å². The summed E-state index contributed by atoms with van der Waals surface area (Å²) in [6, 6.07) is 1.87. The molecular formula is C12H13F2NO5S. The van der Waals surface area contributed by atoms with E-state index in [1.54, 1.807) is 0 Å². The molecule has 0 aliphatic carbocycles. The lowest BCUT2D eigenvalue weighted by Crippen LogP contribution is -2.48. The molecule has 1 saturated heterocycles. The lowest BCUT2D eigenvalue weighted by Gasteiger charge is -2.33. The second-order valence-electron chi connectivity index (χ2n) is 4.77. The lowest BCUT2D eigenvalue weighted by atomic mass is 9.96. The van der Waals surface area contributed by atoms with Gasteiger partial charge in [-0.2, -0.15) is 4.31 Å². The Morgan fingerprint density at radius 2 is 1.81 bits per heavy atom. The molecule has 0 unspecified atom stereocenters. The van der Waals surface area contributed by atoms with Gasteiger partial charge in [0.25, 0.3) is 0 Å². The Hall–Kier alpha value is -1.58. The Kier molecular flexibility index (Phi) is 4.26. The van der Waals surface area contributed by atoms with Crippen LogP contribution in [0.25, 0.3) is 0 Å². The summed E-state index contributed by atoms with van der Waals surface area (Å²) in [7, 11) is -4.22. The summed E-state index contributed by atoms with van der Waals surface area (Å²) in [5.74, 6) is -4.68. The molecule has 9 heteroatoms. The molecule has 6 nitrogen and oxygen atoms in total. The molecule has 0 saturated carbocycles. The van der Waals surface area contributed by atoms with E-state index in [-0.39, 0.29) is 13.0 Å². The normalized spacial score (nSPS) is 24.0. The standard InChI is InChI=1S/C12H13F2NO5S/c13-7-3-8(14)5-9(4-7)21(19,20)15-2-1-11(16)10(6-15)12(17)18/h3-5,10-11,16H,1-2,6H2,(H,17,18)/t10-,11-/m0/s1. The lowest BCUT2D eigenvalue weighted by molar-refractivity contribution is -0.147. The van der Waals surface area contributed by atoms with Gasteiger partial charge in [-0.05, 0) is 18.6 Å². The summed E-state index contributed by atoms with van der Waals surface area (Å²) >= 11 is 0. The van der Waals surface area contributed by atoms with Gasteiger partial charge < -0.3 is 10.2 Å². The molecule has 1 fully saturated rings. The summed E-state index contributed by atoms with van der Waals surface area (Å²) in [4.78, 5) is 10.4. The molecule has 2 rings (SSSR count). The Labute approximate surface area is 119 Å². The zero-order chi connectivity index (χ0) is 15.8. The van der Waals surface area contributed by atoms with Crippen molar-refractivity contribution in [3.8, 4) is 0 Å². The molecule has 116 valence electrons. The summed E-state index contributed by atoms with van der Waals surface area (Å²) in [6.45, 7) is -0.567. The van der Waals surface area contributed by atoms with Crippen molar-refractivity contribution < 1.29 is 32.2 Å². The number of hydrogen-bond donors (Lipinski definition) is 2. The van der Waals surface area contributed by atoms with E-state index >= 15 is 0 Å². The Balaban J connectivity index is 2.33. The number of carboxylic acid groups (broad SMARTS) is 1. The van der Waals surface area contributed by atoms with Gasteiger partial charge in [-0.25, -0.2) is 17.2 Å². The van der Waals surface area contributed by atoms with Crippen LogP contribution in [0.3, 0.4) is 0 Å². The highest BCUT2D eigenvalue weighted by atomic mass is 32.2. The maximum atomic E-state index is 13.1. The van der Waals surface area contributed by atoms with Gasteiger partial charge in [-0.3, -0.25) is 4.79 Å². The quantitative estimate of drug-likeness (QED) is 0.841. The van der Waals surface area contributed by atoms with Crippen LogP contribution < -0.4 is 0 Å². The predicted molar refractivity (Wildman–Crippen MR) is 66.9 cm³/mol. The van der Waals surface area contributed by atoms with Crippen molar-refractivity contribution in [2.45, 2.75) is 17.4 Å². The maximum absolute atomic E-state index is 13.1. The largest absolute Gasteiger partial charge is 0.481 e. The smallest absolute Gasteiger partial charge is 0.310 e. The van der Waals surface area contributed by atoms with E-state index in [4.69, 9.17) is 5.11 Å². The van der Waals surface area contributed by atoms with Gasteiger partial charge in [-0.15, -0.1) is 0 Å². The minimum atomic E-state index is -4.22. The first-order valence-corrected chi connectivity index (χ1v) is 7.53. The number of hydrogen-bond acceptors (Lipinski definition) is 4. The van der Waals surface area contributed by atoms with Crippen LogP contribution in [0.5, 0.6) is 0 Å². The van der Waals surface area contributed by atoms with Crippen molar-refractivity contribution >= 4 is 16.0 Å². The molecular weight excluding hydrogens is 308 g/mol. The van der Waals surface area contributed by atoms with Crippen molar-refractivity contribution in [1.29, 1.82) is 0 Å². The predicted octanol–water partition coefficient (Wildman–Crippen LogP) is 0.421.